The Bertz CT molecular complexity index is 1170. The number of nitrogens with one attached hydrogen (secondary N) is 2. The van der Waals surface area contributed by atoms with Crippen molar-refractivity contribution in [1.29, 1.82) is 0 Å². The average molecular weight is 402 g/mol. The highest BCUT2D eigenvalue weighted by Crippen LogP contribution is 2.21. The molecule has 4 rings (SSSR count). The van der Waals surface area contributed by atoms with Gasteiger partial charge in [-0.25, -0.2) is 9.37 Å². The zero-order valence-electron chi connectivity index (χ0n) is 16.2. The second kappa shape index (κ2) is 8.57. The molecule has 2 N–H and O–H groups in total. The molecule has 1 amide bonds. The van der Waals surface area contributed by atoms with E-state index in [1.807, 2.05) is 25.1 Å². The fraction of sp³-hybridized carbons (Fsp3) is 0.0870. The number of carbonyl (C=O) groups is 1. The SMILES string of the molecule is Cc1nc(-c2cccc(NC(=O)c3cccc(OCc4ccc(F)cc4)c3)c2)n[nH]1. The number of hydrogen-bond acceptors (Lipinski definition) is 4. The highest BCUT2D eigenvalue weighted by atomic mass is 19.1. The molecule has 1 heterocycles. The number of H-pyrrole nitrogens is 1. The third-order valence-corrected chi connectivity index (χ3v) is 4.39. The maximum Gasteiger partial charge on any atom is 0.255 e. The van der Waals surface area contributed by atoms with E-state index in [0.29, 0.717) is 22.8 Å². The Morgan fingerprint density at radius 3 is 2.63 bits per heavy atom. The number of aromatic nitrogens is 3. The normalized spacial score (nSPS) is 10.6. The lowest BCUT2D eigenvalue weighted by Gasteiger charge is -2.09. The molecule has 1 aromatic heterocycles. The molecule has 0 aliphatic carbocycles. The van der Waals surface area contributed by atoms with Crippen LogP contribution in [0.15, 0.2) is 72.8 Å². The van der Waals surface area contributed by atoms with E-state index < -0.39 is 0 Å². The van der Waals surface area contributed by atoms with E-state index in [-0.39, 0.29) is 18.3 Å². The number of ether oxygens (including phenoxy) is 1. The van der Waals surface area contributed by atoms with Gasteiger partial charge in [0.1, 0.15) is 24.0 Å². The van der Waals surface area contributed by atoms with Crippen molar-refractivity contribution in [3.8, 4) is 17.1 Å². The number of rotatable bonds is 6. The second-order valence-electron chi connectivity index (χ2n) is 6.72. The minimum atomic E-state index is -0.292. The van der Waals surface area contributed by atoms with Gasteiger partial charge in [-0.05, 0) is 55.0 Å². The van der Waals surface area contributed by atoms with E-state index in [4.69, 9.17) is 4.74 Å². The quantitative estimate of drug-likeness (QED) is 0.488. The molecule has 0 saturated heterocycles. The maximum atomic E-state index is 13.0. The lowest BCUT2D eigenvalue weighted by atomic mass is 10.1. The molecule has 0 aliphatic rings. The Hall–Kier alpha value is -4.00. The Morgan fingerprint density at radius 2 is 1.87 bits per heavy atom. The minimum Gasteiger partial charge on any atom is -0.489 e. The number of carbonyl (C=O) groups excluding carboxylic acids is 1. The minimum absolute atomic E-state index is 0.259. The van der Waals surface area contributed by atoms with Gasteiger partial charge in [-0.3, -0.25) is 9.89 Å². The predicted octanol–water partition coefficient (Wildman–Crippen LogP) is 4.75. The van der Waals surface area contributed by atoms with E-state index in [1.165, 1.54) is 12.1 Å². The predicted molar refractivity (Wildman–Crippen MR) is 112 cm³/mol. The molecule has 30 heavy (non-hydrogen) atoms. The molecular weight excluding hydrogens is 383 g/mol. The second-order valence-corrected chi connectivity index (χ2v) is 6.72. The van der Waals surface area contributed by atoms with Crippen LogP contribution in [-0.4, -0.2) is 21.1 Å². The number of hydrogen-bond donors (Lipinski definition) is 2. The molecule has 0 bridgehead atoms. The van der Waals surface area contributed by atoms with E-state index in [2.05, 4.69) is 20.5 Å². The van der Waals surface area contributed by atoms with Crippen molar-refractivity contribution in [2.24, 2.45) is 0 Å². The Balaban J connectivity index is 1.43. The van der Waals surface area contributed by atoms with Crippen LogP contribution in [0.3, 0.4) is 0 Å². The summed E-state index contributed by atoms with van der Waals surface area (Å²) in [6.45, 7) is 2.11. The smallest absolute Gasteiger partial charge is 0.255 e. The molecule has 6 nitrogen and oxygen atoms in total. The highest BCUT2D eigenvalue weighted by Gasteiger charge is 2.10. The van der Waals surface area contributed by atoms with E-state index in [0.717, 1.165) is 17.0 Å². The molecule has 0 fully saturated rings. The lowest BCUT2D eigenvalue weighted by molar-refractivity contribution is 0.102. The third kappa shape index (κ3) is 4.70. The van der Waals surface area contributed by atoms with Crippen LogP contribution in [0.25, 0.3) is 11.4 Å². The summed E-state index contributed by atoms with van der Waals surface area (Å²) >= 11 is 0. The molecule has 4 aromatic rings. The number of aromatic amines is 1. The molecular formula is C23H19FN4O2. The molecule has 150 valence electrons. The van der Waals surface area contributed by atoms with E-state index in [1.54, 1.807) is 42.5 Å². The molecule has 0 saturated carbocycles. The summed E-state index contributed by atoms with van der Waals surface area (Å²) in [6.07, 6.45) is 0. The summed E-state index contributed by atoms with van der Waals surface area (Å²) in [6, 6.07) is 20.3. The monoisotopic (exact) mass is 402 g/mol. The Kier molecular flexibility index (Phi) is 5.52. The van der Waals surface area contributed by atoms with Gasteiger partial charge in [0, 0.05) is 16.8 Å². The van der Waals surface area contributed by atoms with Crippen molar-refractivity contribution >= 4 is 11.6 Å². The van der Waals surface area contributed by atoms with Crippen molar-refractivity contribution in [3.05, 3.63) is 95.6 Å². The van der Waals surface area contributed by atoms with Crippen molar-refractivity contribution in [1.82, 2.24) is 15.2 Å². The standard InChI is InChI=1S/C23H19FN4O2/c1-15-25-22(28-27-15)17-4-2-6-20(12-17)26-23(29)18-5-3-7-21(13-18)30-14-16-8-10-19(24)11-9-16/h2-13H,14H2,1H3,(H,26,29)(H,25,27,28). The van der Waals surface area contributed by atoms with Crippen molar-refractivity contribution < 1.29 is 13.9 Å². The molecule has 0 atom stereocenters. The van der Waals surface area contributed by atoms with Gasteiger partial charge >= 0.3 is 0 Å². The largest absolute Gasteiger partial charge is 0.489 e. The number of benzene rings is 3. The first-order valence-corrected chi connectivity index (χ1v) is 9.35. The van der Waals surface area contributed by atoms with Gasteiger partial charge in [-0.1, -0.05) is 30.3 Å². The van der Waals surface area contributed by atoms with Crippen LogP contribution in [0.4, 0.5) is 10.1 Å². The Labute approximate surface area is 172 Å². The van der Waals surface area contributed by atoms with Crippen molar-refractivity contribution in [3.63, 3.8) is 0 Å². The number of aryl methyl sites for hydroxylation is 1. The fourth-order valence-corrected chi connectivity index (χ4v) is 2.89. The van der Waals surface area contributed by atoms with Gasteiger partial charge in [-0.15, -0.1) is 0 Å². The molecule has 3 aromatic carbocycles. The van der Waals surface area contributed by atoms with Crippen LogP contribution in [0, 0.1) is 12.7 Å². The summed E-state index contributed by atoms with van der Waals surface area (Å²) in [5.41, 5.74) is 2.74. The number of amides is 1. The van der Waals surface area contributed by atoms with Gasteiger partial charge < -0.3 is 10.1 Å². The summed E-state index contributed by atoms with van der Waals surface area (Å²) < 4.78 is 18.7. The molecule has 0 unspecified atom stereocenters. The van der Waals surface area contributed by atoms with Crippen LogP contribution in [0.5, 0.6) is 5.75 Å². The zero-order chi connectivity index (χ0) is 20.9. The summed E-state index contributed by atoms with van der Waals surface area (Å²) in [4.78, 5) is 17.0. The first-order chi connectivity index (χ1) is 14.6. The number of halogens is 1. The first kappa shape index (κ1) is 19.3. The zero-order valence-corrected chi connectivity index (χ0v) is 16.2. The topological polar surface area (TPSA) is 79.9 Å². The van der Waals surface area contributed by atoms with E-state index >= 15 is 0 Å². The summed E-state index contributed by atoms with van der Waals surface area (Å²) in [5.74, 6) is 1.29. The fourth-order valence-electron chi connectivity index (χ4n) is 2.89. The van der Waals surface area contributed by atoms with Crippen LogP contribution in [0.1, 0.15) is 21.7 Å². The third-order valence-electron chi connectivity index (χ3n) is 4.39. The van der Waals surface area contributed by atoms with E-state index in [9.17, 15) is 9.18 Å². The van der Waals surface area contributed by atoms with Crippen LogP contribution >= 0.6 is 0 Å². The number of nitrogens with zero attached hydrogens (tertiary/aromatic N) is 2. The van der Waals surface area contributed by atoms with Gasteiger partial charge in [0.2, 0.25) is 0 Å². The molecule has 0 radical (unpaired) electrons. The number of anilines is 1. The highest BCUT2D eigenvalue weighted by molar-refractivity contribution is 6.04. The summed E-state index contributed by atoms with van der Waals surface area (Å²) in [5, 5.41) is 9.83. The lowest BCUT2D eigenvalue weighted by Crippen LogP contribution is -2.12. The van der Waals surface area contributed by atoms with Gasteiger partial charge in [0.05, 0.1) is 0 Å². The molecule has 0 spiro atoms. The maximum absolute atomic E-state index is 13.0. The van der Waals surface area contributed by atoms with Gasteiger partial charge in [0.25, 0.3) is 5.91 Å². The van der Waals surface area contributed by atoms with Crippen molar-refractivity contribution in [2.45, 2.75) is 13.5 Å². The first-order valence-electron chi connectivity index (χ1n) is 9.35. The molecule has 7 heteroatoms. The molecule has 0 aliphatic heterocycles. The average Bonchev–Trinajstić information content (AvgIpc) is 3.20. The van der Waals surface area contributed by atoms with Crippen molar-refractivity contribution in [2.75, 3.05) is 5.32 Å². The van der Waals surface area contributed by atoms with Crippen LogP contribution in [0.2, 0.25) is 0 Å². The van der Waals surface area contributed by atoms with Crippen LogP contribution < -0.4 is 10.1 Å². The Morgan fingerprint density at radius 1 is 1.07 bits per heavy atom. The van der Waals surface area contributed by atoms with Gasteiger partial charge in [0.15, 0.2) is 5.82 Å². The summed E-state index contributed by atoms with van der Waals surface area (Å²) in [7, 11) is 0. The van der Waals surface area contributed by atoms with Crippen LogP contribution in [-0.2, 0) is 6.61 Å². The van der Waals surface area contributed by atoms with Gasteiger partial charge in [-0.2, -0.15) is 5.10 Å².